The first-order valence-electron chi connectivity index (χ1n) is 8.27. The van der Waals surface area contributed by atoms with Gasteiger partial charge in [0.15, 0.2) is 0 Å². The molecule has 1 saturated heterocycles. The zero-order valence-electron chi connectivity index (χ0n) is 14.5. The molecule has 0 aromatic heterocycles. The predicted octanol–water partition coefficient (Wildman–Crippen LogP) is 2.06. The Balaban J connectivity index is 2.00. The van der Waals surface area contributed by atoms with E-state index in [9.17, 15) is 13.2 Å². The topological polar surface area (TPSA) is 84.5 Å². The standard InChI is InChI=1S/C17H26N2O4S/c1-4-17(2,3)19-16(20)13-7-9-15(10-8-13)24(21,22)18-12-14-6-5-11-23-14/h7-10,14,18H,4-6,11-12H2,1-3H3,(H,19,20). The summed E-state index contributed by atoms with van der Waals surface area (Å²) in [5.74, 6) is -0.210. The van der Waals surface area contributed by atoms with Gasteiger partial charge in [-0.05, 0) is 57.4 Å². The smallest absolute Gasteiger partial charge is 0.251 e. The van der Waals surface area contributed by atoms with E-state index >= 15 is 0 Å². The van der Waals surface area contributed by atoms with E-state index in [0.29, 0.717) is 12.2 Å². The van der Waals surface area contributed by atoms with Gasteiger partial charge in [-0.3, -0.25) is 4.79 Å². The van der Waals surface area contributed by atoms with Gasteiger partial charge in [-0.15, -0.1) is 0 Å². The molecule has 1 amide bonds. The lowest BCUT2D eigenvalue weighted by atomic mass is 10.0. The lowest BCUT2D eigenvalue weighted by Gasteiger charge is -2.24. The molecule has 1 heterocycles. The average molecular weight is 354 g/mol. The third kappa shape index (κ3) is 5.03. The molecule has 134 valence electrons. The van der Waals surface area contributed by atoms with Gasteiger partial charge >= 0.3 is 0 Å². The normalized spacial score (nSPS) is 18.5. The van der Waals surface area contributed by atoms with Crippen LogP contribution in [-0.2, 0) is 14.8 Å². The Morgan fingerprint density at radius 2 is 1.96 bits per heavy atom. The summed E-state index contributed by atoms with van der Waals surface area (Å²) in [5, 5.41) is 2.92. The van der Waals surface area contributed by atoms with Gasteiger partial charge in [-0.1, -0.05) is 6.92 Å². The van der Waals surface area contributed by atoms with Crippen molar-refractivity contribution in [1.82, 2.24) is 10.0 Å². The molecule has 1 aromatic carbocycles. The molecule has 6 nitrogen and oxygen atoms in total. The van der Waals surface area contributed by atoms with Crippen molar-refractivity contribution in [3.05, 3.63) is 29.8 Å². The number of carbonyl (C=O) groups is 1. The number of rotatable bonds is 7. The summed E-state index contributed by atoms with van der Waals surface area (Å²) in [6, 6.07) is 5.96. The minimum atomic E-state index is -3.59. The Morgan fingerprint density at radius 1 is 1.29 bits per heavy atom. The molecule has 1 aliphatic rings. The van der Waals surface area contributed by atoms with E-state index in [2.05, 4.69) is 10.0 Å². The van der Waals surface area contributed by atoms with E-state index in [4.69, 9.17) is 4.74 Å². The van der Waals surface area contributed by atoms with E-state index in [1.165, 1.54) is 24.3 Å². The molecule has 0 radical (unpaired) electrons. The van der Waals surface area contributed by atoms with Gasteiger partial charge in [-0.2, -0.15) is 0 Å². The van der Waals surface area contributed by atoms with Crippen LogP contribution in [-0.4, -0.2) is 39.1 Å². The Bertz CT molecular complexity index is 662. The SMILES string of the molecule is CCC(C)(C)NC(=O)c1ccc(S(=O)(=O)NCC2CCCO2)cc1. The van der Waals surface area contributed by atoms with E-state index < -0.39 is 10.0 Å². The van der Waals surface area contributed by atoms with Crippen LogP contribution in [0.25, 0.3) is 0 Å². The summed E-state index contributed by atoms with van der Waals surface area (Å²) in [7, 11) is -3.59. The van der Waals surface area contributed by atoms with Crippen molar-refractivity contribution in [2.24, 2.45) is 0 Å². The molecule has 24 heavy (non-hydrogen) atoms. The fourth-order valence-electron chi connectivity index (χ4n) is 2.34. The van der Waals surface area contributed by atoms with Gasteiger partial charge in [0, 0.05) is 24.3 Å². The second kappa shape index (κ2) is 7.63. The molecule has 1 fully saturated rings. The third-order valence-electron chi connectivity index (χ3n) is 4.29. The Kier molecular flexibility index (Phi) is 6.01. The number of sulfonamides is 1. The minimum absolute atomic E-state index is 0.0545. The zero-order valence-corrected chi connectivity index (χ0v) is 15.3. The van der Waals surface area contributed by atoms with E-state index in [1.54, 1.807) is 0 Å². The van der Waals surface area contributed by atoms with Gasteiger partial charge in [-0.25, -0.2) is 13.1 Å². The zero-order chi connectivity index (χ0) is 17.8. The van der Waals surface area contributed by atoms with Gasteiger partial charge < -0.3 is 10.1 Å². The fourth-order valence-corrected chi connectivity index (χ4v) is 3.41. The molecular formula is C17H26N2O4S. The van der Waals surface area contributed by atoms with Gasteiger partial charge in [0.2, 0.25) is 10.0 Å². The lowest BCUT2D eigenvalue weighted by Crippen LogP contribution is -2.42. The fraction of sp³-hybridized carbons (Fsp3) is 0.588. The molecule has 0 bridgehead atoms. The Hall–Kier alpha value is -1.44. The molecule has 7 heteroatoms. The number of amides is 1. The molecule has 1 aliphatic heterocycles. The molecule has 1 aromatic rings. The molecule has 0 spiro atoms. The highest BCUT2D eigenvalue weighted by atomic mass is 32.2. The van der Waals surface area contributed by atoms with Crippen molar-refractivity contribution in [2.75, 3.05) is 13.2 Å². The third-order valence-corrected chi connectivity index (χ3v) is 5.73. The predicted molar refractivity (Wildman–Crippen MR) is 92.4 cm³/mol. The van der Waals surface area contributed by atoms with Crippen LogP contribution in [0.5, 0.6) is 0 Å². The first-order valence-corrected chi connectivity index (χ1v) is 9.76. The van der Waals surface area contributed by atoms with Crippen LogP contribution >= 0.6 is 0 Å². The molecule has 2 rings (SSSR count). The second-order valence-corrected chi connectivity index (χ2v) is 8.47. The lowest BCUT2D eigenvalue weighted by molar-refractivity contribution is 0.0911. The summed E-state index contributed by atoms with van der Waals surface area (Å²) >= 11 is 0. The average Bonchev–Trinajstić information content (AvgIpc) is 3.06. The van der Waals surface area contributed by atoms with Crippen LogP contribution in [0.2, 0.25) is 0 Å². The summed E-state index contributed by atoms with van der Waals surface area (Å²) in [6.07, 6.45) is 2.58. The molecule has 1 atom stereocenters. The van der Waals surface area contributed by atoms with Crippen LogP contribution < -0.4 is 10.0 Å². The number of hydrogen-bond acceptors (Lipinski definition) is 4. The van der Waals surface area contributed by atoms with Crippen LogP contribution in [0.3, 0.4) is 0 Å². The summed E-state index contributed by atoms with van der Waals surface area (Å²) in [5.41, 5.74) is 0.139. The molecule has 1 unspecified atom stereocenters. The number of nitrogens with one attached hydrogen (secondary N) is 2. The highest BCUT2D eigenvalue weighted by Crippen LogP contribution is 2.15. The van der Waals surface area contributed by atoms with Crippen LogP contribution in [0.4, 0.5) is 0 Å². The quantitative estimate of drug-likeness (QED) is 0.785. The monoisotopic (exact) mass is 354 g/mol. The number of hydrogen-bond donors (Lipinski definition) is 2. The maximum Gasteiger partial charge on any atom is 0.251 e. The van der Waals surface area contributed by atoms with Gasteiger partial charge in [0.1, 0.15) is 0 Å². The molecule has 2 N–H and O–H groups in total. The Labute approximate surface area is 144 Å². The molecular weight excluding hydrogens is 328 g/mol. The van der Waals surface area contributed by atoms with Crippen molar-refractivity contribution < 1.29 is 17.9 Å². The van der Waals surface area contributed by atoms with E-state index in [1.807, 2.05) is 20.8 Å². The van der Waals surface area contributed by atoms with Crippen LogP contribution in [0.1, 0.15) is 50.4 Å². The molecule has 0 aliphatic carbocycles. The second-order valence-electron chi connectivity index (χ2n) is 6.70. The number of ether oxygens (including phenoxy) is 1. The molecule has 0 saturated carbocycles. The van der Waals surface area contributed by atoms with Crippen LogP contribution in [0, 0.1) is 0 Å². The maximum atomic E-state index is 12.3. The van der Waals surface area contributed by atoms with Crippen molar-refractivity contribution >= 4 is 15.9 Å². The van der Waals surface area contributed by atoms with Crippen molar-refractivity contribution in [1.29, 1.82) is 0 Å². The Morgan fingerprint density at radius 3 is 2.50 bits per heavy atom. The first kappa shape index (κ1) is 18.9. The first-order chi connectivity index (χ1) is 11.2. The van der Waals surface area contributed by atoms with Crippen molar-refractivity contribution in [2.45, 2.75) is 56.6 Å². The van der Waals surface area contributed by atoms with E-state index in [0.717, 1.165) is 19.3 Å². The van der Waals surface area contributed by atoms with Crippen molar-refractivity contribution in [3.8, 4) is 0 Å². The van der Waals surface area contributed by atoms with Gasteiger partial charge in [0.05, 0.1) is 11.0 Å². The highest BCUT2D eigenvalue weighted by Gasteiger charge is 2.22. The summed E-state index contributed by atoms with van der Waals surface area (Å²) < 4.78 is 32.5. The number of carbonyl (C=O) groups excluding carboxylic acids is 1. The minimum Gasteiger partial charge on any atom is -0.377 e. The van der Waals surface area contributed by atoms with E-state index in [-0.39, 0.29) is 29.0 Å². The summed E-state index contributed by atoms with van der Waals surface area (Å²) in [6.45, 7) is 6.84. The van der Waals surface area contributed by atoms with Crippen LogP contribution in [0.15, 0.2) is 29.2 Å². The van der Waals surface area contributed by atoms with Crippen molar-refractivity contribution in [3.63, 3.8) is 0 Å². The summed E-state index contributed by atoms with van der Waals surface area (Å²) in [4.78, 5) is 12.3. The maximum absolute atomic E-state index is 12.3. The van der Waals surface area contributed by atoms with Gasteiger partial charge in [0.25, 0.3) is 5.91 Å². The largest absolute Gasteiger partial charge is 0.377 e. The number of benzene rings is 1. The highest BCUT2D eigenvalue weighted by molar-refractivity contribution is 7.89.